The monoisotopic (exact) mass is 410 g/mol. The molecule has 0 fully saturated rings. The minimum Gasteiger partial charge on any atom is -0.355 e. The Kier molecular flexibility index (Phi) is 8.60. The van der Waals surface area contributed by atoms with E-state index in [1.807, 2.05) is 31.3 Å². The van der Waals surface area contributed by atoms with Gasteiger partial charge in [0.2, 0.25) is 0 Å². The fraction of sp³-hybridized carbons (Fsp3) is 0.440. The summed E-state index contributed by atoms with van der Waals surface area (Å²) in [5.41, 5.74) is 4.18. The number of nitrogens with one attached hydrogen (secondary N) is 3. The molecule has 0 bridgehead atoms. The first-order valence-electron chi connectivity index (χ1n) is 10.7. The van der Waals surface area contributed by atoms with Gasteiger partial charge in [-0.2, -0.15) is 0 Å². The van der Waals surface area contributed by atoms with Gasteiger partial charge in [-0.15, -0.1) is 0 Å². The van der Waals surface area contributed by atoms with Crippen LogP contribution in [-0.2, 0) is 11.3 Å². The SMILES string of the molecule is CNC(=O)c1ccc(C[NH+](C)CC(=O)N[C@H](c2ccc(C(C)C)cc2)C(C)C)cc1. The van der Waals surface area contributed by atoms with Crippen molar-refractivity contribution in [3.63, 3.8) is 0 Å². The minimum atomic E-state index is -0.0946. The van der Waals surface area contributed by atoms with Crippen LogP contribution in [0.25, 0.3) is 0 Å². The molecule has 2 amide bonds. The predicted octanol–water partition coefficient (Wildman–Crippen LogP) is 2.70. The first-order chi connectivity index (χ1) is 14.2. The van der Waals surface area contributed by atoms with E-state index in [0.717, 1.165) is 22.6 Å². The second-order valence-electron chi connectivity index (χ2n) is 8.70. The predicted molar refractivity (Wildman–Crippen MR) is 122 cm³/mol. The molecule has 3 N–H and O–H groups in total. The molecule has 0 heterocycles. The third-order valence-electron chi connectivity index (χ3n) is 5.36. The molecule has 0 spiro atoms. The van der Waals surface area contributed by atoms with E-state index in [1.165, 1.54) is 5.56 Å². The highest BCUT2D eigenvalue weighted by atomic mass is 16.2. The van der Waals surface area contributed by atoms with Crippen LogP contribution in [0.4, 0.5) is 0 Å². The molecule has 0 aliphatic carbocycles. The van der Waals surface area contributed by atoms with E-state index in [9.17, 15) is 9.59 Å². The summed E-state index contributed by atoms with van der Waals surface area (Å²) >= 11 is 0. The fourth-order valence-corrected chi connectivity index (χ4v) is 3.55. The topological polar surface area (TPSA) is 62.6 Å². The first-order valence-corrected chi connectivity index (χ1v) is 10.7. The average Bonchev–Trinajstić information content (AvgIpc) is 2.71. The highest BCUT2D eigenvalue weighted by molar-refractivity contribution is 5.93. The Morgan fingerprint density at radius 2 is 1.47 bits per heavy atom. The zero-order valence-electron chi connectivity index (χ0n) is 19.1. The van der Waals surface area contributed by atoms with Crippen molar-refractivity contribution in [2.75, 3.05) is 20.6 Å². The van der Waals surface area contributed by atoms with Gasteiger partial charge >= 0.3 is 0 Å². The number of likely N-dealkylation sites (N-methyl/N-ethyl adjacent to an activating group) is 1. The van der Waals surface area contributed by atoms with Gasteiger partial charge in [0.05, 0.1) is 13.1 Å². The molecule has 0 aromatic heterocycles. The van der Waals surface area contributed by atoms with Gasteiger partial charge in [0, 0.05) is 18.2 Å². The summed E-state index contributed by atoms with van der Waals surface area (Å²) in [6, 6.07) is 16.1. The molecule has 0 saturated heterocycles. The van der Waals surface area contributed by atoms with Crippen LogP contribution in [0.3, 0.4) is 0 Å². The summed E-state index contributed by atoms with van der Waals surface area (Å²) in [5, 5.41) is 5.84. The van der Waals surface area contributed by atoms with Crippen LogP contribution in [0, 0.1) is 5.92 Å². The summed E-state index contributed by atoms with van der Waals surface area (Å²) < 4.78 is 0. The minimum absolute atomic E-state index is 0.00153. The number of rotatable bonds is 9. The smallest absolute Gasteiger partial charge is 0.275 e. The maximum absolute atomic E-state index is 12.7. The molecular formula is C25H36N3O2+. The Labute approximate surface area is 180 Å². The molecular weight excluding hydrogens is 374 g/mol. The van der Waals surface area contributed by atoms with Gasteiger partial charge in [-0.1, -0.05) is 64.1 Å². The lowest BCUT2D eigenvalue weighted by molar-refractivity contribution is -0.885. The summed E-state index contributed by atoms with van der Waals surface area (Å²) in [5.74, 6) is 0.745. The lowest BCUT2D eigenvalue weighted by Crippen LogP contribution is -3.08. The van der Waals surface area contributed by atoms with Crippen LogP contribution >= 0.6 is 0 Å². The number of hydrogen-bond donors (Lipinski definition) is 3. The van der Waals surface area contributed by atoms with Crippen LogP contribution in [0.15, 0.2) is 48.5 Å². The Morgan fingerprint density at radius 1 is 0.900 bits per heavy atom. The number of carbonyl (C=O) groups is 2. The highest BCUT2D eigenvalue weighted by Gasteiger charge is 2.20. The van der Waals surface area contributed by atoms with E-state index in [0.29, 0.717) is 23.9 Å². The molecule has 0 aliphatic heterocycles. The second kappa shape index (κ2) is 10.9. The average molecular weight is 411 g/mol. The number of hydrogen-bond acceptors (Lipinski definition) is 2. The largest absolute Gasteiger partial charge is 0.355 e. The Balaban J connectivity index is 1.95. The fourth-order valence-electron chi connectivity index (χ4n) is 3.55. The Hall–Kier alpha value is -2.66. The quantitative estimate of drug-likeness (QED) is 0.595. The lowest BCUT2D eigenvalue weighted by Gasteiger charge is -2.24. The van der Waals surface area contributed by atoms with Crippen molar-refractivity contribution in [2.45, 2.75) is 46.2 Å². The molecule has 162 valence electrons. The van der Waals surface area contributed by atoms with Crippen molar-refractivity contribution in [3.8, 4) is 0 Å². The van der Waals surface area contributed by atoms with Gasteiger partial charge in [-0.25, -0.2) is 0 Å². The third-order valence-corrected chi connectivity index (χ3v) is 5.36. The lowest BCUT2D eigenvalue weighted by atomic mass is 9.93. The van der Waals surface area contributed by atoms with Crippen LogP contribution in [0.5, 0.6) is 0 Å². The summed E-state index contributed by atoms with van der Waals surface area (Å²) in [4.78, 5) is 25.4. The van der Waals surface area contributed by atoms with E-state index in [1.54, 1.807) is 7.05 Å². The molecule has 1 unspecified atom stereocenters. The van der Waals surface area contributed by atoms with Crippen LogP contribution in [0.2, 0.25) is 0 Å². The molecule has 0 aliphatic rings. The molecule has 2 aromatic rings. The number of quaternary nitrogens is 1. The van der Waals surface area contributed by atoms with Crippen molar-refractivity contribution in [3.05, 3.63) is 70.8 Å². The Bertz CT molecular complexity index is 826. The molecule has 5 nitrogen and oxygen atoms in total. The molecule has 0 radical (unpaired) electrons. The third kappa shape index (κ3) is 6.70. The normalized spacial score (nSPS) is 13.2. The van der Waals surface area contributed by atoms with E-state index in [-0.39, 0.29) is 17.9 Å². The van der Waals surface area contributed by atoms with Crippen molar-refractivity contribution >= 4 is 11.8 Å². The van der Waals surface area contributed by atoms with Crippen LogP contribution < -0.4 is 15.5 Å². The van der Waals surface area contributed by atoms with Gasteiger partial charge in [0.25, 0.3) is 11.8 Å². The van der Waals surface area contributed by atoms with Crippen LogP contribution in [0.1, 0.15) is 66.7 Å². The molecule has 2 rings (SSSR count). The standard InChI is InChI=1S/C25H35N3O2/c1-17(2)20-11-13-21(14-12-20)24(18(3)4)27-23(29)16-28(6)15-19-7-9-22(10-8-19)25(30)26-5/h7-14,17-18,24H,15-16H2,1-6H3,(H,26,30)(H,27,29)/p+1/t24-/m0/s1. The zero-order chi connectivity index (χ0) is 22.3. The van der Waals surface area contributed by atoms with E-state index < -0.39 is 0 Å². The number of carbonyl (C=O) groups excluding carboxylic acids is 2. The second-order valence-corrected chi connectivity index (χ2v) is 8.70. The van der Waals surface area contributed by atoms with Gasteiger partial charge < -0.3 is 15.5 Å². The van der Waals surface area contributed by atoms with Gasteiger partial charge in [0.15, 0.2) is 6.54 Å². The van der Waals surface area contributed by atoms with Gasteiger partial charge in [0.1, 0.15) is 6.54 Å². The van der Waals surface area contributed by atoms with Gasteiger partial charge in [-0.05, 0) is 35.1 Å². The Morgan fingerprint density at radius 3 is 1.97 bits per heavy atom. The molecule has 30 heavy (non-hydrogen) atoms. The maximum atomic E-state index is 12.7. The van der Waals surface area contributed by atoms with Crippen molar-refractivity contribution in [1.29, 1.82) is 0 Å². The zero-order valence-corrected chi connectivity index (χ0v) is 19.1. The van der Waals surface area contributed by atoms with E-state index in [4.69, 9.17) is 0 Å². The summed E-state index contributed by atoms with van der Waals surface area (Å²) in [6.45, 7) is 9.74. The molecule has 0 saturated carbocycles. The highest BCUT2D eigenvalue weighted by Crippen LogP contribution is 2.24. The van der Waals surface area contributed by atoms with Crippen molar-refractivity contribution in [1.82, 2.24) is 10.6 Å². The molecule has 2 atom stereocenters. The number of benzene rings is 2. The summed E-state index contributed by atoms with van der Waals surface area (Å²) in [6.07, 6.45) is 0. The maximum Gasteiger partial charge on any atom is 0.275 e. The van der Waals surface area contributed by atoms with Crippen molar-refractivity contribution in [2.24, 2.45) is 5.92 Å². The van der Waals surface area contributed by atoms with Gasteiger partial charge in [-0.3, -0.25) is 9.59 Å². The molecule has 5 heteroatoms. The molecule has 2 aromatic carbocycles. The van der Waals surface area contributed by atoms with Crippen molar-refractivity contribution < 1.29 is 14.5 Å². The van der Waals surface area contributed by atoms with E-state index in [2.05, 4.69) is 62.6 Å². The van der Waals surface area contributed by atoms with Crippen LogP contribution in [-0.4, -0.2) is 32.5 Å². The first kappa shape index (κ1) is 23.6. The summed E-state index contributed by atoms with van der Waals surface area (Å²) in [7, 11) is 3.63. The van der Waals surface area contributed by atoms with E-state index >= 15 is 0 Å². The number of amides is 2.